The smallest absolute Gasteiger partial charge is 0.189 e. The number of nitrogens with zero attached hydrogens (tertiary/aromatic N) is 4. The highest BCUT2D eigenvalue weighted by Gasteiger charge is 2.22. The second-order valence-corrected chi connectivity index (χ2v) is 6.88. The Morgan fingerprint density at radius 2 is 2.04 bits per heavy atom. The summed E-state index contributed by atoms with van der Waals surface area (Å²) >= 11 is 1.53. The molecule has 0 saturated heterocycles. The molecule has 0 aromatic carbocycles. The van der Waals surface area contributed by atoms with E-state index in [9.17, 15) is 5.11 Å². The quantitative estimate of drug-likeness (QED) is 0.662. The molecule has 3 rings (SSSR count). The van der Waals surface area contributed by atoms with Crippen LogP contribution >= 0.6 is 11.8 Å². The molecule has 2 N–H and O–H groups in total. The van der Waals surface area contributed by atoms with Crippen molar-refractivity contribution >= 4 is 17.6 Å². The van der Waals surface area contributed by atoms with Crippen LogP contribution in [-0.2, 0) is 7.05 Å². The molecule has 0 atom stereocenters. The third-order valence-corrected chi connectivity index (χ3v) is 4.82. The molecule has 1 fully saturated rings. The summed E-state index contributed by atoms with van der Waals surface area (Å²) in [5.41, 5.74) is 2.96. The van der Waals surface area contributed by atoms with Crippen molar-refractivity contribution in [3.63, 3.8) is 0 Å². The minimum atomic E-state index is -0.155. The summed E-state index contributed by atoms with van der Waals surface area (Å²) in [6, 6.07) is 0.339. The molecule has 2 aromatic rings. The molecule has 0 spiro atoms. The zero-order valence-corrected chi connectivity index (χ0v) is 14.6. The van der Waals surface area contributed by atoms with Gasteiger partial charge >= 0.3 is 0 Å². The highest BCUT2D eigenvalue weighted by Crippen LogP contribution is 2.31. The second-order valence-electron chi connectivity index (χ2n) is 6.10. The van der Waals surface area contributed by atoms with Gasteiger partial charge in [-0.2, -0.15) is 5.10 Å². The second kappa shape index (κ2) is 6.88. The predicted molar refractivity (Wildman–Crippen MR) is 92.6 cm³/mol. The molecule has 0 radical (unpaired) electrons. The average molecular weight is 333 g/mol. The van der Waals surface area contributed by atoms with E-state index in [1.165, 1.54) is 11.8 Å². The van der Waals surface area contributed by atoms with Gasteiger partial charge in [0.25, 0.3) is 0 Å². The first kappa shape index (κ1) is 16.3. The van der Waals surface area contributed by atoms with Crippen molar-refractivity contribution in [1.29, 1.82) is 0 Å². The molecule has 1 saturated carbocycles. The molecule has 0 aliphatic heterocycles. The maximum atomic E-state index is 9.68. The molecular formula is C16H23N5OS. The van der Waals surface area contributed by atoms with Gasteiger partial charge in [0.2, 0.25) is 0 Å². The number of anilines is 1. The Morgan fingerprint density at radius 1 is 1.30 bits per heavy atom. The first-order chi connectivity index (χ1) is 11.1. The van der Waals surface area contributed by atoms with Gasteiger partial charge in [-0.3, -0.25) is 4.68 Å². The van der Waals surface area contributed by atoms with E-state index in [4.69, 9.17) is 0 Å². The van der Waals surface area contributed by atoms with E-state index in [2.05, 4.69) is 20.4 Å². The van der Waals surface area contributed by atoms with Gasteiger partial charge in [-0.1, -0.05) is 11.8 Å². The molecule has 23 heavy (non-hydrogen) atoms. The number of aryl methyl sites for hydroxylation is 2. The molecule has 1 aliphatic carbocycles. The van der Waals surface area contributed by atoms with E-state index >= 15 is 0 Å². The third kappa shape index (κ3) is 3.67. The van der Waals surface area contributed by atoms with Crippen molar-refractivity contribution in [2.45, 2.75) is 49.9 Å². The summed E-state index contributed by atoms with van der Waals surface area (Å²) in [5.74, 6) is 0.840. The van der Waals surface area contributed by atoms with E-state index in [1.807, 2.05) is 37.3 Å². The van der Waals surface area contributed by atoms with Crippen LogP contribution in [0.4, 0.5) is 5.82 Å². The average Bonchev–Trinajstić information content (AvgIpc) is 2.88. The monoisotopic (exact) mass is 333 g/mol. The van der Waals surface area contributed by atoms with Crippen LogP contribution in [0.15, 0.2) is 17.6 Å². The Hall–Kier alpha value is -1.60. The van der Waals surface area contributed by atoms with Crippen LogP contribution in [0.2, 0.25) is 0 Å². The fourth-order valence-corrected chi connectivity index (χ4v) is 3.37. The molecule has 2 heterocycles. The highest BCUT2D eigenvalue weighted by molar-refractivity contribution is 7.98. The van der Waals surface area contributed by atoms with Gasteiger partial charge < -0.3 is 10.4 Å². The van der Waals surface area contributed by atoms with Crippen molar-refractivity contribution < 1.29 is 5.11 Å². The Morgan fingerprint density at radius 3 is 2.65 bits per heavy atom. The molecular weight excluding hydrogens is 310 g/mol. The SMILES string of the molecule is CSc1ncc(-c2nn(C)cc2C)c(NC2CCC(O)CC2)n1. The number of hydrogen-bond acceptors (Lipinski definition) is 6. The standard InChI is InChI=1S/C16H23N5OS/c1-10-9-21(2)20-14(10)13-8-17-16(23-3)19-15(13)18-11-4-6-12(22)7-5-11/h8-9,11-12,22H,4-7H2,1-3H3,(H,17,18,19). The number of thioether (sulfide) groups is 1. The Labute approximate surface area is 140 Å². The maximum Gasteiger partial charge on any atom is 0.189 e. The van der Waals surface area contributed by atoms with Gasteiger partial charge in [0.1, 0.15) is 11.5 Å². The normalized spacial score (nSPS) is 21.4. The zero-order chi connectivity index (χ0) is 16.4. The number of aliphatic hydroxyl groups is 1. The van der Waals surface area contributed by atoms with Crippen molar-refractivity contribution in [2.75, 3.05) is 11.6 Å². The van der Waals surface area contributed by atoms with E-state index in [-0.39, 0.29) is 6.10 Å². The summed E-state index contributed by atoms with van der Waals surface area (Å²) in [5, 5.41) is 18.5. The summed E-state index contributed by atoms with van der Waals surface area (Å²) in [6.45, 7) is 2.05. The van der Waals surface area contributed by atoms with Gasteiger partial charge in [-0.25, -0.2) is 9.97 Å². The van der Waals surface area contributed by atoms with Crippen LogP contribution in [0.25, 0.3) is 11.3 Å². The lowest BCUT2D eigenvalue weighted by Crippen LogP contribution is -2.28. The lowest BCUT2D eigenvalue weighted by atomic mass is 9.93. The van der Waals surface area contributed by atoms with Gasteiger partial charge in [-0.05, 0) is 44.4 Å². The van der Waals surface area contributed by atoms with Crippen molar-refractivity contribution in [3.8, 4) is 11.3 Å². The largest absolute Gasteiger partial charge is 0.393 e. The highest BCUT2D eigenvalue weighted by atomic mass is 32.2. The van der Waals surface area contributed by atoms with E-state index in [1.54, 1.807) is 0 Å². The molecule has 124 valence electrons. The summed E-state index contributed by atoms with van der Waals surface area (Å²) in [4.78, 5) is 9.07. The Balaban J connectivity index is 1.91. The molecule has 0 amide bonds. The Bertz CT molecular complexity index is 679. The van der Waals surface area contributed by atoms with Gasteiger partial charge in [0.15, 0.2) is 5.16 Å². The van der Waals surface area contributed by atoms with Gasteiger partial charge in [-0.15, -0.1) is 0 Å². The topological polar surface area (TPSA) is 75.9 Å². The van der Waals surface area contributed by atoms with E-state index in [0.29, 0.717) is 6.04 Å². The first-order valence-electron chi connectivity index (χ1n) is 7.93. The molecule has 2 aromatic heterocycles. The zero-order valence-electron chi connectivity index (χ0n) is 13.8. The van der Waals surface area contributed by atoms with Crippen molar-refractivity contribution in [3.05, 3.63) is 18.0 Å². The molecule has 0 unspecified atom stereocenters. The lowest BCUT2D eigenvalue weighted by Gasteiger charge is -2.27. The number of aromatic nitrogens is 4. The Kier molecular flexibility index (Phi) is 4.87. The minimum Gasteiger partial charge on any atom is -0.393 e. The van der Waals surface area contributed by atoms with Crippen LogP contribution in [0, 0.1) is 6.92 Å². The van der Waals surface area contributed by atoms with Crippen molar-refractivity contribution in [1.82, 2.24) is 19.7 Å². The number of aliphatic hydroxyl groups excluding tert-OH is 1. The molecule has 1 aliphatic rings. The molecule has 7 heteroatoms. The van der Waals surface area contributed by atoms with Gasteiger partial charge in [0.05, 0.1) is 11.7 Å². The summed E-state index contributed by atoms with van der Waals surface area (Å²) in [6.07, 6.45) is 9.28. The predicted octanol–water partition coefficient (Wildman–Crippen LogP) is 2.62. The summed E-state index contributed by atoms with van der Waals surface area (Å²) in [7, 11) is 1.92. The van der Waals surface area contributed by atoms with Crippen molar-refractivity contribution in [2.24, 2.45) is 7.05 Å². The first-order valence-corrected chi connectivity index (χ1v) is 9.15. The minimum absolute atomic E-state index is 0.155. The fraction of sp³-hybridized carbons (Fsp3) is 0.562. The van der Waals surface area contributed by atoms with E-state index in [0.717, 1.165) is 53.5 Å². The maximum absolute atomic E-state index is 9.68. The number of hydrogen-bond donors (Lipinski definition) is 2. The summed E-state index contributed by atoms with van der Waals surface area (Å²) < 4.78 is 1.81. The van der Waals surface area contributed by atoms with E-state index < -0.39 is 0 Å². The fourth-order valence-electron chi connectivity index (χ4n) is 3.03. The number of nitrogens with one attached hydrogen (secondary N) is 1. The van der Waals surface area contributed by atoms with Crippen LogP contribution in [-0.4, -0.2) is 43.3 Å². The van der Waals surface area contributed by atoms with Gasteiger partial charge in [0, 0.05) is 25.5 Å². The molecule has 0 bridgehead atoms. The van der Waals surface area contributed by atoms with Crippen LogP contribution in [0.5, 0.6) is 0 Å². The number of rotatable bonds is 4. The third-order valence-electron chi connectivity index (χ3n) is 4.25. The van der Waals surface area contributed by atoms with Crippen LogP contribution in [0.3, 0.4) is 0 Å². The van der Waals surface area contributed by atoms with Crippen LogP contribution < -0.4 is 5.32 Å². The van der Waals surface area contributed by atoms with Crippen LogP contribution in [0.1, 0.15) is 31.2 Å². The lowest BCUT2D eigenvalue weighted by molar-refractivity contribution is 0.126. The molecule has 6 nitrogen and oxygen atoms in total.